The Morgan fingerprint density at radius 2 is 1.91 bits per heavy atom. The third kappa shape index (κ3) is 2.98. The fourth-order valence-electron chi connectivity index (χ4n) is 3.18. The van der Waals surface area contributed by atoms with Gasteiger partial charge in [-0.15, -0.1) is 0 Å². The molecule has 2 aromatic rings. The van der Waals surface area contributed by atoms with Gasteiger partial charge >= 0.3 is 0 Å². The molecule has 23 heavy (non-hydrogen) atoms. The first-order valence-electron chi connectivity index (χ1n) is 7.90. The van der Waals surface area contributed by atoms with Crippen LogP contribution in [0.1, 0.15) is 47.4 Å². The first kappa shape index (κ1) is 15.3. The molecule has 1 fully saturated rings. The molecule has 5 heteroatoms. The highest BCUT2D eigenvalue weighted by Gasteiger charge is 2.35. The van der Waals surface area contributed by atoms with Crippen molar-refractivity contribution in [1.82, 2.24) is 15.1 Å². The molecule has 3 rings (SSSR count). The zero-order valence-corrected chi connectivity index (χ0v) is 13.5. The molecule has 1 aromatic heterocycles. The van der Waals surface area contributed by atoms with Crippen LogP contribution in [-0.4, -0.2) is 21.2 Å². The second kappa shape index (κ2) is 5.88. The molecule has 0 aliphatic heterocycles. The van der Waals surface area contributed by atoms with E-state index < -0.39 is 5.54 Å². The number of aryl methyl sites for hydroxylation is 2. The Morgan fingerprint density at radius 3 is 2.43 bits per heavy atom. The molecule has 0 atom stereocenters. The van der Waals surface area contributed by atoms with Gasteiger partial charge in [-0.25, -0.2) is 4.68 Å². The standard InChI is InChI=1S/C18H20N4O/c1-13-11-14(2)22(21-13)16-7-5-15(6-8-16)17(23)20-18(12-19)9-3-4-10-18/h5-8,11H,3-4,9-10H2,1-2H3,(H,20,23). The third-order valence-electron chi connectivity index (χ3n) is 4.41. The summed E-state index contributed by atoms with van der Waals surface area (Å²) in [6, 6.07) is 11.6. The second-order valence-corrected chi connectivity index (χ2v) is 6.24. The van der Waals surface area contributed by atoms with Gasteiger partial charge in [-0.2, -0.15) is 10.4 Å². The van der Waals surface area contributed by atoms with Crippen LogP contribution in [0.4, 0.5) is 0 Å². The van der Waals surface area contributed by atoms with Crippen molar-refractivity contribution in [2.75, 3.05) is 0 Å². The van der Waals surface area contributed by atoms with Crippen molar-refractivity contribution in [3.05, 3.63) is 47.3 Å². The van der Waals surface area contributed by atoms with Crippen molar-refractivity contribution < 1.29 is 4.79 Å². The monoisotopic (exact) mass is 308 g/mol. The zero-order chi connectivity index (χ0) is 16.4. The van der Waals surface area contributed by atoms with Crippen LogP contribution in [0, 0.1) is 25.2 Å². The fourth-order valence-corrected chi connectivity index (χ4v) is 3.18. The largest absolute Gasteiger partial charge is 0.334 e. The maximum absolute atomic E-state index is 12.4. The lowest BCUT2D eigenvalue weighted by atomic mass is 9.99. The normalized spacial score (nSPS) is 16.0. The van der Waals surface area contributed by atoms with E-state index in [-0.39, 0.29) is 5.91 Å². The number of carbonyl (C=O) groups is 1. The smallest absolute Gasteiger partial charge is 0.252 e. The number of nitrogens with one attached hydrogen (secondary N) is 1. The van der Waals surface area contributed by atoms with Gasteiger partial charge < -0.3 is 5.32 Å². The van der Waals surface area contributed by atoms with Crippen molar-refractivity contribution in [3.63, 3.8) is 0 Å². The van der Waals surface area contributed by atoms with Gasteiger partial charge in [-0.05, 0) is 69.9 Å². The van der Waals surface area contributed by atoms with Crippen LogP contribution >= 0.6 is 0 Å². The van der Waals surface area contributed by atoms with Crippen LogP contribution < -0.4 is 5.32 Å². The van der Waals surface area contributed by atoms with Crippen molar-refractivity contribution in [1.29, 1.82) is 5.26 Å². The minimum absolute atomic E-state index is 0.187. The molecule has 0 saturated heterocycles. The Bertz CT molecular complexity index is 761. The van der Waals surface area contributed by atoms with Crippen molar-refractivity contribution in [2.24, 2.45) is 0 Å². The van der Waals surface area contributed by atoms with Crippen molar-refractivity contribution >= 4 is 5.91 Å². The molecule has 1 aromatic carbocycles. The summed E-state index contributed by atoms with van der Waals surface area (Å²) in [6.07, 6.45) is 3.45. The molecular weight excluding hydrogens is 288 g/mol. The van der Waals surface area contributed by atoms with Gasteiger partial charge in [-0.3, -0.25) is 4.79 Å². The van der Waals surface area contributed by atoms with E-state index in [0.29, 0.717) is 5.56 Å². The first-order valence-corrected chi connectivity index (χ1v) is 7.90. The molecule has 1 aliphatic carbocycles. The molecule has 1 heterocycles. The molecule has 0 radical (unpaired) electrons. The number of hydrogen-bond acceptors (Lipinski definition) is 3. The molecular formula is C18H20N4O. The molecule has 1 aliphatic rings. The summed E-state index contributed by atoms with van der Waals surface area (Å²) in [6.45, 7) is 3.95. The number of nitrogens with zero attached hydrogens (tertiary/aromatic N) is 3. The van der Waals surface area contributed by atoms with Crippen LogP contribution in [-0.2, 0) is 0 Å². The first-order chi connectivity index (χ1) is 11.0. The lowest BCUT2D eigenvalue weighted by Crippen LogP contribution is -2.45. The minimum atomic E-state index is -0.689. The van der Waals surface area contributed by atoms with Crippen LogP contribution in [0.25, 0.3) is 5.69 Å². The minimum Gasteiger partial charge on any atom is -0.334 e. The van der Waals surface area contributed by atoms with E-state index >= 15 is 0 Å². The quantitative estimate of drug-likeness (QED) is 0.947. The second-order valence-electron chi connectivity index (χ2n) is 6.24. The Morgan fingerprint density at radius 1 is 1.26 bits per heavy atom. The number of aromatic nitrogens is 2. The van der Waals surface area contributed by atoms with Gasteiger partial charge in [-0.1, -0.05) is 0 Å². The molecule has 0 bridgehead atoms. The maximum atomic E-state index is 12.4. The summed E-state index contributed by atoms with van der Waals surface area (Å²) in [5, 5.41) is 16.7. The number of amides is 1. The van der Waals surface area contributed by atoms with Gasteiger partial charge in [0.15, 0.2) is 0 Å². The van der Waals surface area contributed by atoms with E-state index in [9.17, 15) is 10.1 Å². The summed E-state index contributed by atoms with van der Waals surface area (Å²) in [7, 11) is 0. The summed E-state index contributed by atoms with van der Waals surface area (Å²) in [5.74, 6) is -0.187. The van der Waals surface area contributed by atoms with Gasteiger partial charge in [0, 0.05) is 11.3 Å². The summed E-state index contributed by atoms with van der Waals surface area (Å²) >= 11 is 0. The number of nitriles is 1. The van der Waals surface area contributed by atoms with Crippen LogP contribution in [0.5, 0.6) is 0 Å². The highest BCUT2D eigenvalue weighted by molar-refractivity contribution is 5.95. The van der Waals surface area contributed by atoms with Crippen LogP contribution in [0.3, 0.4) is 0 Å². The maximum Gasteiger partial charge on any atom is 0.252 e. The number of benzene rings is 1. The van der Waals surface area contributed by atoms with Gasteiger partial charge in [0.1, 0.15) is 5.54 Å². The lowest BCUT2D eigenvalue weighted by molar-refractivity contribution is 0.0920. The third-order valence-corrected chi connectivity index (χ3v) is 4.41. The van der Waals surface area contributed by atoms with Crippen molar-refractivity contribution in [3.8, 4) is 11.8 Å². The van der Waals surface area contributed by atoms with E-state index in [1.54, 1.807) is 12.1 Å². The van der Waals surface area contributed by atoms with Gasteiger partial charge in [0.25, 0.3) is 5.91 Å². The zero-order valence-electron chi connectivity index (χ0n) is 13.5. The lowest BCUT2D eigenvalue weighted by Gasteiger charge is -2.22. The van der Waals surface area contributed by atoms with E-state index in [0.717, 1.165) is 42.8 Å². The fraction of sp³-hybridized carbons (Fsp3) is 0.389. The van der Waals surface area contributed by atoms with Crippen molar-refractivity contribution in [2.45, 2.75) is 45.1 Å². The molecule has 118 valence electrons. The van der Waals surface area contributed by atoms with Crippen LogP contribution in [0.2, 0.25) is 0 Å². The molecule has 1 N–H and O–H groups in total. The van der Waals surface area contributed by atoms with E-state index in [1.165, 1.54) is 0 Å². The van der Waals surface area contributed by atoms with E-state index in [4.69, 9.17) is 0 Å². The highest BCUT2D eigenvalue weighted by atomic mass is 16.1. The Labute approximate surface area is 135 Å². The molecule has 1 saturated carbocycles. The molecule has 0 unspecified atom stereocenters. The predicted molar refractivity (Wildman–Crippen MR) is 87.3 cm³/mol. The Balaban J connectivity index is 1.78. The Kier molecular flexibility index (Phi) is 3.91. The van der Waals surface area contributed by atoms with E-state index in [2.05, 4.69) is 16.5 Å². The average Bonchev–Trinajstić information content (AvgIpc) is 3.14. The topological polar surface area (TPSA) is 70.7 Å². The average molecular weight is 308 g/mol. The summed E-state index contributed by atoms with van der Waals surface area (Å²) in [5.41, 5.74) is 2.81. The molecule has 0 spiro atoms. The van der Waals surface area contributed by atoms with Gasteiger partial charge in [0.05, 0.1) is 17.5 Å². The highest BCUT2D eigenvalue weighted by Crippen LogP contribution is 2.29. The molecule has 5 nitrogen and oxygen atoms in total. The number of rotatable bonds is 3. The summed E-state index contributed by atoms with van der Waals surface area (Å²) < 4.78 is 1.85. The van der Waals surface area contributed by atoms with Crippen LogP contribution in [0.15, 0.2) is 30.3 Å². The number of hydrogen-bond donors (Lipinski definition) is 1. The predicted octanol–water partition coefficient (Wildman–Crippen LogP) is 3.06. The van der Waals surface area contributed by atoms with Gasteiger partial charge in [0.2, 0.25) is 0 Å². The number of carbonyl (C=O) groups excluding carboxylic acids is 1. The Hall–Kier alpha value is -2.61. The van der Waals surface area contributed by atoms with E-state index in [1.807, 2.05) is 36.7 Å². The SMILES string of the molecule is Cc1cc(C)n(-c2ccc(C(=O)NC3(C#N)CCCC3)cc2)n1. The molecule has 1 amide bonds. The summed E-state index contributed by atoms with van der Waals surface area (Å²) in [4.78, 5) is 12.4.